The predicted octanol–water partition coefficient (Wildman–Crippen LogP) is 4.06. The third-order valence-electron chi connectivity index (χ3n) is 3.94. The smallest absolute Gasteiger partial charge is 0.327 e. The van der Waals surface area contributed by atoms with Crippen LogP contribution in [0.5, 0.6) is 17.5 Å². The van der Waals surface area contributed by atoms with Gasteiger partial charge >= 0.3 is 6.01 Å². The summed E-state index contributed by atoms with van der Waals surface area (Å²) in [6.07, 6.45) is 1.85. The van der Waals surface area contributed by atoms with Crippen molar-refractivity contribution >= 4 is 34.0 Å². The van der Waals surface area contributed by atoms with Gasteiger partial charge in [0, 0.05) is 16.8 Å². The largest absolute Gasteiger partial charge is 0.508 e. The summed E-state index contributed by atoms with van der Waals surface area (Å²) < 4.78 is 5.62. The van der Waals surface area contributed by atoms with Gasteiger partial charge in [0.1, 0.15) is 17.3 Å². The summed E-state index contributed by atoms with van der Waals surface area (Å²) in [4.78, 5) is 29.9. The molecular formula is C21H18N6O3S. The van der Waals surface area contributed by atoms with Gasteiger partial charge in [0.15, 0.2) is 5.13 Å². The van der Waals surface area contributed by atoms with Gasteiger partial charge in [-0.15, -0.1) is 11.3 Å². The topological polar surface area (TPSA) is 122 Å². The molecule has 4 rings (SSSR count). The Hall–Kier alpha value is -4.05. The molecule has 9 nitrogen and oxygen atoms in total. The molecular weight excluding hydrogens is 416 g/mol. The van der Waals surface area contributed by atoms with E-state index >= 15 is 0 Å². The Morgan fingerprint density at radius 1 is 1.06 bits per heavy atom. The molecule has 2 heterocycles. The second-order valence-electron chi connectivity index (χ2n) is 6.43. The van der Waals surface area contributed by atoms with Crippen molar-refractivity contribution in [3.8, 4) is 17.5 Å². The lowest BCUT2D eigenvalue weighted by molar-refractivity contribution is -0.115. The lowest BCUT2D eigenvalue weighted by atomic mass is 10.3. The van der Waals surface area contributed by atoms with Crippen molar-refractivity contribution in [3.05, 3.63) is 71.5 Å². The third-order valence-corrected chi connectivity index (χ3v) is 4.85. The number of aromatic nitrogens is 4. The van der Waals surface area contributed by atoms with Crippen molar-refractivity contribution < 1.29 is 14.6 Å². The van der Waals surface area contributed by atoms with Crippen LogP contribution in [-0.2, 0) is 11.2 Å². The Morgan fingerprint density at radius 3 is 2.61 bits per heavy atom. The highest BCUT2D eigenvalue weighted by atomic mass is 32.1. The van der Waals surface area contributed by atoms with E-state index in [0.717, 1.165) is 10.6 Å². The molecule has 0 aliphatic rings. The summed E-state index contributed by atoms with van der Waals surface area (Å²) >= 11 is 1.33. The minimum absolute atomic E-state index is 0.111. The van der Waals surface area contributed by atoms with Gasteiger partial charge in [-0.25, -0.2) is 4.98 Å². The number of ether oxygens (including phenoxy) is 1. The van der Waals surface area contributed by atoms with E-state index in [1.807, 2.05) is 30.3 Å². The molecule has 0 atom stereocenters. The van der Waals surface area contributed by atoms with E-state index in [0.29, 0.717) is 16.7 Å². The Labute approximate surface area is 181 Å². The summed E-state index contributed by atoms with van der Waals surface area (Å²) in [5, 5.41) is 15.8. The normalized spacial score (nSPS) is 10.5. The first-order chi connectivity index (χ1) is 15.0. The number of para-hydroxylation sites is 1. The molecule has 2 aromatic carbocycles. The van der Waals surface area contributed by atoms with Crippen LogP contribution in [0.2, 0.25) is 0 Å². The van der Waals surface area contributed by atoms with Gasteiger partial charge in [-0.2, -0.15) is 15.0 Å². The summed E-state index contributed by atoms with van der Waals surface area (Å²) in [6, 6.07) is 15.6. The molecule has 0 fully saturated rings. The SMILES string of the molecule is Cc1nc(Nc2ncc(CC(=O)Nc3ccccc3)s2)nc(Oc2ccc(O)cc2)n1. The zero-order valence-electron chi connectivity index (χ0n) is 16.4. The van der Waals surface area contributed by atoms with E-state index in [1.165, 1.54) is 23.5 Å². The quantitative estimate of drug-likeness (QED) is 0.398. The zero-order valence-corrected chi connectivity index (χ0v) is 17.3. The number of nitrogens with zero attached hydrogens (tertiary/aromatic N) is 4. The fourth-order valence-electron chi connectivity index (χ4n) is 2.61. The first-order valence-electron chi connectivity index (χ1n) is 9.30. The highest BCUT2D eigenvalue weighted by Crippen LogP contribution is 2.24. The number of aryl methyl sites for hydroxylation is 1. The standard InChI is InChI=1S/C21H18N6O3S/c1-13-23-19(26-20(24-13)30-16-9-7-15(28)8-10-16)27-21-22-12-17(31-21)11-18(29)25-14-5-3-2-4-6-14/h2-10,12,28H,11H2,1H3,(H,25,29)(H,22,23,24,26,27). The number of hydrogen-bond donors (Lipinski definition) is 3. The van der Waals surface area contributed by atoms with Gasteiger partial charge in [0.2, 0.25) is 11.9 Å². The van der Waals surface area contributed by atoms with Crippen LogP contribution in [0, 0.1) is 6.92 Å². The summed E-state index contributed by atoms with van der Waals surface area (Å²) in [7, 11) is 0. The molecule has 31 heavy (non-hydrogen) atoms. The molecule has 0 saturated heterocycles. The fourth-order valence-corrected chi connectivity index (χ4v) is 3.41. The first kappa shape index (κ1) is 20.2. The van der Waals surface area contributed by atoms with Crippen molar-refractivity contribution in [2.24, 2.45) is 0 Å². The molecule has 4 aromatic rings. The maximum atomic E-state index is 12.2. The van der Waals surface area contributed by atoms with Gasteiger partial charge < -0.3 is 15.2 Å². The van der Waals surface area contributed by atoms with Crippen LogP contribution in [0.15, 0.2) is 60.8 Å². The molecule has 10 heteroatoms. The number of amides is 1. The molecule has 0 saturated carbocycles. The number of phenolic OH excluding ortho intramolecular Hbond substituents is 1. The van der Waals surface area contributed by atoms with Crippen LogP contribution < -0.4 is 15.4 Å². The minimum atomic E-state index is -0.123. The molecule has 2 aromatic heterocycles. The van der Waals surface area contributed by atoms with Crippen LogP contribution in [0.3, 0.4) is 0 Å². The van der Waals surface area contributed by atoms with E-state index in [-0.39, 0.29) is 30.0 Å². The van der Waals surface area contributed by atoms with Crippen LogP contribution in [-0.4, -0.2) is 30.9 Å². The van der Waals surface area contributed by atoms with Crippen LogP contribution in [0.25, 0.3) is 0 Å². The number of phenols is 1. The number of aromatic hydroxyl groups is 1. The van der Waals surface area contributed by atoms with Crippen molar-refractivity contribution in [2.75, 3.05) is 10.6 Å². The number of rotatable bonds is 7. The number of nitrogens with one attached hydrogen (secondary N) is 2. The lowest BCUT2D eigenvalue weighted by Crippen LogP contribution is -2.13. The number of hydrogen-bond acceptors (Lipinski definition) is 9. The molecule has 0 spiro atoms. The maximum absolute atomic E-state index is 12.2. The molecule has 3 N–H and O–H groups in total. The molecule has 0 bridgehead atoms. The van der Waals surface area contributed by atoms with E-state index in [1.54, 1.807) is 25.3 Å². The highest BCUT2D eigenvalue weighted by molar-refractivity contribution is 7.15. The zero-order chi connectivity index (χ0) is 21.6. The number of thiazole rings is 1. The summed E-state index contributed by atoms with van der Waals surface area (Å²) in [5.74, 6) is 1.23. The highest BCUT2D eigenvalue weighted by Gasteiger charge is 2.11. The molecule has 0 radical (unpaired) electrons. The Bertz CT molecular complexity index is 1180. The summed E-state index contributed by atoms with van der Waals surface area (Å²) in [5.41, 5.74) is 0.747. The fraction of sp³-hybridized carbons (Fsp3) is 0.0952. The molecule has 0 unspecified atom stereocenters. The minimum Gasteiger partial charge on any atom is -0.508 e. The molecule has 1 amide bonds. The number of carbonyl (C=O) groups excluding carboxylic acids is 1. The number of carbonyl (C=O) groups is 1. The second kappa shape index (κ2) is 9.18. The average Bonchev–Trinajstić information content (AvgIpc) is 3.16. The molecule has 0 aliphatic carbocycles. The van der Waals surface area contributed by atoms with E-state index in [4.69, 9.17) is 4.74 Å². The second-order valence-corrected chi connectivity index (χ2v) is 7.55. The van der Waals surface area contributed by atoms with Crippen molar-refractivity contribution in [2.45, 2.75) is 13.3 Å². The van der Waals surface area contributed by atoms with Gasteiger partial charge in [-0.05, 0) is 43.3 Å². The van der Waals surface area contributed by atoms with Gasteiger partial charge in [0.05, 0.1) is 6.42 Å². The maximum Gasteiger partial charge on any atom is 0.327 e. The van der Waals surface area contributed by atoms with Crippen LogP contribution >= 0.6 is 11.3 Å². The van der Waals surface area contributed by atoms with E-state index in [2.05, 4.69) is 30.6 Å². The number of benzene rings is 2. The Kier molecular flexibility index (Phi) is 5.99. The summed E-state index contributed by atoms with van der Waals surface area (Å²) in [6.45, 7) is 1.72. The van der Waals surface area contributed by atoms with Crippen LogP contribution in [0.4, 0.5) is 16.8 Å². The Balaban J connectivity index is 1.40. The van der Waals surface area contributed by atoms with Gasteiger partial charge in [-0.3, -0.25) is 10.1 Å². The van der Waals surface area contributed by atoms with E-state index in [9.17, 15) is 9.90 Å². The number of anilines is 3. The van der Waals surface area contributed by atoms with Crippen LogP contribution in [0.1, 0.15) is 10.7 Å². The lowest BCUT2D eigenvalue weighted by Gasteiger charge is -2.07. The van der Waals surface area contributed by atoms with Crippen molar-refractivity contribution in [3.63, 3.8) is 0 Å². The molecule has 0 aliphatic heterocycles. The van der Waals surface area contributed by atoms with Gasteiger partial charge in [0.25, 0.3) is 0 Å². The Morgan fingerprint density at radius 2 is 1.84 bits per heavy atom. The first-order valence-corrected chi connectivity index (χ1v) is 10.1. The van der Waals surface area contributed by atoms with Crippen molar-refractivity contribution in [1.29, 1.82) is 0 Å². The van der Waals surface area contributed by atoms with Gasteiger partial charge in [-0.1, -0.05) is 18.2 Å². The van der Waals surface area contributed by atoms with E-state index < -0.39 is 0 Å². The monoisotopic (exact) mass is 434 g/mol. The third kappa shape index (κ3) is 5.73. The predicted molar refractivity (Wildman–Crippen MR) is 117 cm³/mol. The average molecular weight is 434 g/mol. The molecule has 156 valence electrons. The van der Waals surface area contributed by atoms with Crippen molar-refractivity contribution in [1.82, 2.24) is 19.9 Å².